The molecule has 0 atom stereocenters. The standard InChI is InChI=1S/C7H9N5/c1-5-6(3-10-12(5)2)7-8-4-9-11-7/h3-4H,1-2H3,(H,8,9,11). The molecule has 0 saturated carbocycles. The maximum atomic E-state index is 4.10. The molecule has 0 aliphatic heterocycles. The van der Waals surface area contributed by atoms with Crippen molar-refractivity contribution in [3.05, 3.63) is 18.2 Å². The van der Waals surface area contributed by atoms with Crippen LogP contribution in [-0.4, -0.2) is 25.0 Å². The molecule has 5 heteroatoms. The lowest BCUT2D eigenvalue weighted by Crippen LogP contribution is -1.92. The highest BCUT2D eigenvalue weighted by atomic mass is 15.3. The predicted molar refractivity (Wildman–Crippen MR) is 43.3 cm³/mol. The molecule has 0 fully saturated rings. The first-order chi connectivity index (χ1) is 5.79. The number of hydrogen-bond acceptors (Lipinski definition) is 3. The first-order valence-corrected chi connectivity index (χ1v) is 3.64. The van der Waals surface area contributed by atoms with Crippen LogP contribution in [0.4, 0.5) is 0 Å². The lowest BCUT2D eigenvalue weighted by atomic mass is 10.2. The fourth-order valence-corrected chi connectivity index (χ4v) is 1.07. The van der Waals surface area contributed by atoms with Gasteiger partial charge in [0.05, 0.1) is 11.8 Å². The highest BCUT2D eigenvalue weighted by Crippen LogP contribution is 2.16. The lowest BCUT2D eigenvalue weighted by molar-refractivity contribution is 0.740. The van der Waals surface area contributed by atoms with Crippen molar-refractivity contribution < 1.29 is 0 Å². The van der Waals surface area contributed by atoms with E-state index in [2.05, 4.69) is 20.3 Å². The summed E-state index contributed by atoms with van der Waals surface area (Å²) in [4.78, 5) is 2.93. The Morgan fingerprint density at radius 2 is 2.33 bits per heavy atom. The van der Waals surface area contributed by atoms with Gasteiger partial charge in [0.1, 0.15) is 6.33 Å². The van der Waals surface area contributed by atoms with Crippen molar-refractivity contribution in [1.29, 1.82) is 0 Å². The molecule has 0 aliphatic carbocycles. The van der Waals surface area contributed by atoms with E-state index in [4.69, 9.17) is 0 Å². The zero-order valence-electron chi connectivity index (χ0n) is 6.94. The maximum absolute atomic E-state index is 4.10. The van der Waals surface area contributed by atoms with Crippen LogP contribution in [0.5, 0.6) is 0 Å². The molecule has 2 heterocycles. The van der Waals surface area contributed by atoms with Crippen LogP contribution >= 0.6 is 0 Å². The Labute approximate surface area is 69.4 Å². The number of H-pyrrole nitrogens is 1. The first kappa shape index (κ1) is 7.02. The summed E-state index contributed by atoms with van der Waals surface area (Å²) in [6.07, 6.45) is 3.33. The summed E-state index contributed by atoms with van der Waals surface area (Å²) in [5.41, 5.74) is 2.07. The molecule has 0 bridgehead atoms. The van der Waals surface area contributed by atoms with E-state index in [1.807, 2.05) is 14.0 Å². The average molecular weight is 163 g/mol. The van der Waals surface area contributed by atoms with Gasteiger partial charge in [-0.15, -0.1) is 10.2 Å². The number of rotatable bonds is 1. The Morgan fingerprint density at radius 3 is 2.83 bits per heavy atom. The SMILES string of the molecule is Cc1c(-c2nnc[nH]2)cnn1C. The van der Waals surface area contributed by atoms with Gasteiger partial charge in [-0.3, -0.25) is 4.68 Å². The van der Waals surface area contributed by atoms with E-state index in [0.717, 1.165) is 17.1 Å². The normalized spacial score (nSPS) is 10.5. The number of hydrogen-bond donors (Lipinski definition) is 1. The van der Waals surface area contributed by atoms with Gasteiger partial charge in [-0.05, 0) is 6.92 Å². The number of aromatic amines is 1. The van der Waals surface area contributed by atoms with E-state index in [0.29, 0.717) is 0 Å². The molecule has 12 heavy (non-hydrogen) atoms. The van der Waals surface area contributed by atoms with Crippen LogP contribution in [0.15, 0.2) is 12.5 Å². The monoisotopic (exact) mass is 163 g/mol. The molecule has 2 rings (SSSR count). The van der Waals surface area contributed by atoms with E-state index in [-0.39, 0.29) is 0 Å². The Bertz CT molecular complexity index is 372. The maximum Gasteiger partial charge on any atom is 0.164 e. The van der Waals surface area contributed by atoms with Gasteiger partial charge in [-0.25, -0.2) is 0 Å². The van der Waals surface area contributed by atoms with Gasteiger partial charge in [0, 0.05) is 12.7 Å². The van der Waals surface area contributed by atoms with Gasteiger partial charge in [0.25, 0.3) is 0 Å². The van der Waals surface area contributed by atoms with Crippen LogP contribution in [0.3, 0.4) is 0 Å². The Hall–Kier alpha value is -1.65. The van der Waals surface area contributed by atoms with Crippen molar-refractivity contribution in [3.8, 4) is 11.4 Å². The molecule has 5 nitrogen and oxygen atoms in total. The van der Waals surface area contributed by atoms with Gasteiger partial charge in [-0.1, -0.05) is 0 Å². The van der Waals surface area contributed by atoms with Crippen LogP contribution in [-0.2, 0) is 7.05 Å². The number of aryl methyl sites for hydroxylation is 1. The summed E-state index contributed by atoms with van der Waals surface area (Å²) in [6.45, 7) is 1.99. The van der Waals surface area contributed by atoms with Crippen molar-refractivity contribution in [2.24, 2.45) is 7.05 Å². The third-order valence-electron chi connectivity index (χ3n) is 1.91. The van der Waals surface area contributed by atoms with Crippen molar-refractivity contribution in [3.63, 3.8) is 0 Å². The molecule has 0 aromatic carbocycles. The molecule has 0 amide bonds. The van der Waals surface area contributed by atoms with E-state index in [9.17, 15) is 0 Å². The summed E-state index contributed by atoms with van der Waals surface area (Å²) >= 11 is 0. The van der Waals surface area contributed by atoms with Gasteiger partial charge in [0.2, 0.25) is 0 Å². The number of nitrogens with one attached hydrogen (secondary N) is 1. The smallest absolute Gasteiger partial charge is 0.164 e. The molecule has 1 N–H and O–H groups in total. The van der Waals surface area contributed by atoms with Crippen LogP contribution < -0.4 is 0 Å². The molecule has 2 aromatic rings. The van der Waals surface area contributed by atoms with Crippen molar-refractivity contribution >= 4 is 0 Å². The van der Waals surface area contributed by atoms with Crippen molar-refractivity contribution in [2.45, 2.75) is 6.92 Å². The molecular formula is C7H9N5. The zero-order valence-corrected chi connectivity index (χ0v) is 6.94. The zero-order chi connectivity index (χ0) is 8.55. The summed E-state index contributed by atoms with van der Waals surface area (Å²) in [6, 6.07) is 0. The first-order valence-electron chi connectivity index (χ1n) is 3.64. The highest BCUT2D eigenvalue weighted by Gasteiger charge is 2.07. The molecule has 0 saturated heterocycles. The molecule has 0 unspecified atom stereocenters. The second-order valence-electron chi connectivity index (χ2n) is 2.60. The van der Waals surface area contributed by atoms with Crippen LogP contribution in [0, 0.1) is 6.92 Å². The summed E-state index contributed by atoms with van der Waals surface area (Å²) < 4.78 is 1.80. The van der Waals surface area contributed by atoms with Crippen LogP contribution in [0.1, 0.15) is 5.69 Å². The van der Waals surface area contributed by atoms with Gasteiger partial charge in [-0.2, -0.15) is 5.10 Å². The van der Waals surface area contributed by atoms with Crippen molar-refractivity contribution in [2.75, 3.05) is 0 Å². The van der Waals surface area contributed by atoms with Gasteiger partial charge < -0.3 is 4.98 Å². The molecule has 0 spiro atoms. The van der Waals surface area contributed by atoms with Crippen LogP contribution in [0.25, 0.3) is 11.4 Å². The van der Waals surface area contributed by atoms with Crippen LogP contribution in [0.2, 0.25) is 0 Å². The van der Waals surface area contributed by atoms with E-state index in [1.54, 1.807) is 17.2 Å². The Morgan fingerprint density at radius 1 is 1.50 bits per heavy atom. The minimum absolute atomic E-state index is 0.764. The largest absolute Gasteiger partial charge is 0.327 e. The highest BCUT2D eigenvalue weighted by molar-refractivity contribution is 5.55. The second-order valence-corrected chi connectivity index (χ2v) is 2.60. The minimum atomic E-state index is 0.764. The Balaban J connectivity index is 2.55. The van der Waals surface area contributed by atoms with Gasteiger partial charge in [0.15, 0.2) is 5.82 Å². The topological polar surface area (TPSA) is 59.4 Å². The molecule has 0 aliphatic rings. The molecule has 2 aromatic heterocycles. The summed E-state index contributed by atoms with van der Waals surface area (Å²) in [5.74, 6) is 0.764. The second kappa shape index (κ2) is 2.44. The fraction of sp³-hybridized carbons (Fsp3) is 0.286. The summed E-state index contributed by atoms with van der Waals surface area (Å²) in [7, 11) is 1.90. The van der Waals surface area contributed by atoms with Gasteiger partial charge >= 0.3 is 0 Å². The summed E-state index contributed by atoms with van der Waals surface area (Å²) in [5, 5.41) is 11.7. The fourth-order valence-electron chi connectivity index (χ4n) is 1.07. The van der Waals surface area contributed by atoms with E-state index < -0.39 is 0 Å². The third-order valence-corrected chi connectivity index (χ3v) is 1.91. The number of aromatic nitrogens is 5. The predicted octanol–water partition coefficient (Wildman–Crippen LogP) is 0.514. The van der Waals surface area contributed by atoms with E-state index >= 15 is 0 Å². The Kier molecular flexibility index (Phi) is 1.43. The number of nitrogens with zero attached hydrogens (tertiary/aromatic N) is 4. The molecular weight excluding hydrogens is 154 g/mol. The minimum Gasteiger partial charge on any atom is -0.327 e. The molecule has 62 valence electrons. The quantitative estimate of drug-likeness (QED) is 0.666. The molecule has 0 radical (unpaired) electrons. The van der Waals surface area contributed by atoms with E-state index in [1.165, 1.54) is 0 Å². The lowest BCUT2D eigenvalue weighted by Gasteiger charge is -1.94. The average Bonchev–Trinajstić information content (AvgIpc) is 2.64. The third kappa shape index (κ3) is 0.903. The van der Waals surface area contributed by atoms with Crippen molar-refractivity contribution in [1.82, 2.24) is 25.0 Å².